The highest BCUT2D eigenvalue weighted by Crippen LogP contribution is 2.27. The van der Waals surface area contributed by atoms with E-state index in [2.05, 4.69) is 26.3 Å². The molecule has 0 aliphatic carbocycles. The summed E-state index contributed by atoms with van der Waals surface area (Å²) >= 11 is 0. The molecule has 4 fully saturated rings. The lowest BCUT2D eigenvalue weighted by Gasteiger charge is -2.42. The van der Waals surface area contributed by atoms with Crippen molar-refractivity contribution in [1.82, 2.24) is 26.3 Å². The van der Waals surface area contributed by atoms with Gasteiger partial charge in [-0.2, -0.15) is 5.48 Å². The fourth-order valence-corrected chi connectivity index (χ4v) is 4.79. The lowest BCUT2D eigenvalue weighted by Crippen LogP contribution is -2.56. The third-order valence-electron chi connectivity index (χ3n) is 6.39. The molecular weight excluding hydrogens is 320 g/mol. The number of likely N-dealkylation sites (tertiary alicyclic amines) is 1. The highest BCUT2D eigenvalue weighted by Gasteiger charge is 2.39. The van der Waals surface area contributed by atoms with Gasteiger partial charge in [-0.25, -0.2) is 0 Å². The van der Waals surface area contributed by atoms with E-state index in [9.17, 15) is 4.79 Å². The van der Waals surface area contributed by atoms with Crippen molar-refractivity contribution in [3.63, 3.8) is 0 Å². The number of hydrogen-bond donors (Lipinski definition) is 5. The number of carbonyl (C=O) groups is 1. The van der Waals surface area contributed by atoms with E-state index in [0.717, 1.165) is 51.9 Å². The van der Waals surface area contributed by atoms with Gasteiger partial charge in [0, 0.05) is 25.0 Å². The van der Waals surface area contributed by atoms with Crippen molar-refractivity contribution in [3.05, 3.63) is 0 Å². The number of rotatable bonds is 4. The lowest BCUT2D eigenvalue weighted by molar-refractivity contribution is -0.123. The van der Waals surface area contributed by atoms with Crippen LogP contribution in [0.1, 0.15) is 38.5 Å². The molecule has 142 valence electrons. The minimum absolute atomic E-state index is 0.0573. The van der Waals surface area contributed by atoms with Gasteiger partial charge in [-0.1, -0.05) is 0 Å². The Bertz CT molecular complexity index is 464. The third kappa shape index (κ3) is 3.99. The zero-order valence-electron chi connectivity index (χ0n) is 14.9. The van der Waals surface area contributed by atoms with Crippen LogP contribution in [-0.2, 0) is 9.63 Å². The van der Waals surface area contributed by atoms with Crippen molar-refractivity contribution in [2.75, 3.05) is 26.2 Å². The number of piperidine rings is 2. The molecular formula is C17H32N6O2. The maximum absolute atomic E-state index is 11.4. The van der Waals surface area contributed by atoms with Crippen LogP contribution in [0.3, 0.4) is 0 Å². The van der Waals surface area contributed by atoms with Crippen LogP contribution in [0.15, 0.2) is 0 Å². The highest BCUT2D eigenvalue weighted by atomic mass is 16.7. The molecule has 0 aromatic carbocycles. The quantitative estimate of drug-likeness (QED) is 0.444. The van der Waals surface area contributed by atoms with Crippen molar-refractivity contribution in [2.45, 2.75) is 63.1 Å². The summed E-state index contributed by atoms with van der Waals surface area (Å²) < 4.78 is 0. The van der Waals surface area contributed by atoms with Crippen LogP contribution >= 0.6 is 0 Å². The summed E-state index contributed by atoms with van der Waals surface area (Å²) in [4.78, 5) is 19.7. The number of amides is 1. The van der Waals surface area contributed by atoms with Gasteiger partial charge in [-0.3, -0.25) is 19.8 Å². The van der Waals surface area contributed by atoms with Crippen LogP contribution in [0.5, 0.6) is 0 Å². The summed E-state index contributed by atoms with van der Waals surface area (Å²) in [6, 6.07) is 0.419. The van der Waals surface area contributed by atoms with Crippen LogP contribution in [0.4, 0.5) is 0 Å². The van der Waals surface area contributed by atoms with Crippen molar-refractivity contribution in [2.24, 2.45) is 17.6 Å². The van der Waals surface area contributed by atoms with Crippen LogP contribution in [0, 0.1) is 11.8 Å². The Hall–Kier alpha value is -0.770. The van der Waals surface area contributed by atoms with E-state index in [1.54, 1.807) is 0 Å². The maximum Gasteiger partial charge on any atom is 0.220 e. The second-order valence-electron chi connectivity index (χ2n) is 7.97. The molecule has 8 nitrogen and oxygen atoms in total. The summed E-state index contributed by atoms with van der Waals surface area (Å²) in [5.41, 5.74) is 8.69. The second kappa shape index (κ2) is 7.85. The van der Waals surface area contributed by atoms with E-state index < -0.39 is 0 Å². The maximum atomic E-state index is 11.4. The Labute approximate surface area is 149 Å². The molecule has 0 aromatic rings. The molecule has 0 aromatic heterocycles. The van der Waals surface area contributed by atoms with E-state index >= 15 is 0 Å². The van der Waals surface area contributed by atoms with Crippen molar-refractivity contribution >= 4 is 5.91 Å². The number of nitrogens with one attached hydrogen (secondary N) is 4. The molecule has 4 saturated heterocycles. The third-order valence-corrected chi connectivity index (χ3v) is 6.39. The predicted molar refractivity (Wildman–Crippen MR) is 94.0 cm³/mol. The van der Waals surface area contributed by atoms with Crippen molar-refractivity contribution in [1.29, 1.82) is 0 Å². The molecule has 0 bridgehead atoms. The summed E-state index contributed by atoms with van der Waals surface area (Å²) in [5, 5.41) is 10.8. The monoisotopic (exact) mass is 352 g/mol. The lowest BCUT2D eigenvalue weighted by atomic mass is 9.90. The molecule has 1 amide bonds. The SMILES string of the molecule is NC(=O)C1CCN(C2CC(C3NOC(C4CCCN4)N3)CCN2)CC1. The first kappa shape index (κ1) is 17.6. The van der Waals surface area contributed by atoms with Crippen molar-refractivity contribution < 1.29 is 9.63 Å². The minimum atomic E-state index is -0.141. The van der Waals surface area contributed by atoms with E-state index in [1.807, 2.05) is 0 Å². The fourth-order valence-electron chi connectivity index (χ4n) is 4.79. The molecule has 0 radical (unpaired) electrons. The highest BCUT2D eigenvalue weighted by molar-refractivity contribution is 5.76. The number of primary amides is 1. The molecule has 0 spiro atoms. The molecule has 0 saturated carbocycles. The first-order valence-corrected chi connectivity index (χ1v) is 9.88. The van der Waals surface area contributed by atoms with Gasteiger partial charge in [0.05, 0.1) is 12.3 Å². The van der Waals surface area contributed by atoms with E-state index in [4.69, 9.17) is 10.6 Å². The molecule has 5 atom stereocenters. The largest absolute Gasteiger partial charge is 0.369 e. The average molecular weight is 352 g/mol. The Morgan fingerprint density at radius 1 is 1.08 bits per heavy atom. The van der Waals surface area contributed by atoms with Crippen LogP contribution in [0.25, 0.3) is 0 Å². The Kier molecular flexibility index (Phi) is 5.54. The normalized spacial score (nSPS) is 41.2. The number of hydroxylamine groups is 1. The van der Waals surface area contributed by atoms with Gasteiger partial charge in [0.2, 0.25) is 5.91 Å². The zero-order valence-corrected chi connectivity index (χ0v) is 14.9. The van der Waals surface area contributed by atoms with Gasteiger partial charge in [0.1, 0.15) is 6.23 Å². The van der Waals surface area contributed by atoms with Crippen LogP contribution in [0.2, 0.25) is 0 Å². The molecule has 8 heteroatoms. The second-order valence-corrected chi connectivity index (χ2v) is 7.97. The smallest absolute Gasteiger partial charge is 0.220 e. The van der Waals surface area contributed by atoms with Gasteiger partial charge in [-0.15, -0.1) is 0 Å². The van der Waals surface area contributed by atoms with Gasteiger partial charge in [0.15, 0.2) is 0 Å². The molecule has 5 unspecified atom stereocenters. The molecule has 6 N–H and O–H groups in total. The first-order valence-electron chi connectivity index (χ1n) is 9.88. The van der Waals surface area contributed by atoms with E-state index in [1.165, 1.54) is 12.8 Å². The zero-order chi connectivity index (χ0) is 17.2. The standard InChI is InChI=1S/C17H32N6O2/c18-15(24)11-4-8-23(9-5-11)14-10-12(3-7-20-14)16-21-17(25-22-16)13-2-1-6-19-13/h11-14,16-17,19-22H,1-10H2,(H2,18,24). The minimum Gasteiger partial charge on any atom is -0.369 e. The Balaban J connectivity index is 1.27. The van der Waals surface area contributed by atoms with Crippen LogP contribution < -0.4 is 27.2 Å². The summed E-state index contributed by atoms with van der Waals surface area (Å²) in [5.74, 6) is 0.464. The van der Waals surface area contributed by atoms with Gasteiger partial charge in [0.25, 0.3) is 0 Å². The number of nitrogens with two attached hydrogens (primary N) is 1. The molecule has 25 heavy (non-hydrogen) atoms. The molecule has 4 aliphatic rings. The van der Waals surface area contributed by atoms with Gasteiger partial charge < -0.3 is 16.4 Å². The number of carbonyl (C=O) groups excluding carboxylic acids is 1. The molecule has 4 rings (SSSR count). The summed E-state index contributed by atoms with van der Waals surface area (Å²) in [6.07, 6.45) is 7.11. The van der Waals surface area contributed by atoms with Crippen molar-refractivity contribution in [3.8, 4) is 0 Å². The molecule has 4 aliphatic heterocycles. The predicted octanol–water partition coefficient (Wildman–Crippen LogP) is -0.962. The molecule has 4 heterocycles. The number of hydrogen-bond acceptors (Lipinski definition) is 7. The van der Waals surface area contributed by atoms with Crippen LogP contribution in [-0.4, -0.2) is 61.6 Å². The van der Waals surface area contributed by atoms with Gasteiger partial charge in [-0.05, 0) is 57.5 Å². The summed E-state index contributed by atoms with van der Waals surface area (Å²) in [7, 11) is 0. The Morgan fingerprint density at radius 2 is 1.92 bits per heavy atom. The number of nitrogens with zero attached hydrogens (tertiary/aromatic N) is 1. The summed E-state index contributed by atoms with van der Waals surface area (Å²) in [6.45, 7) is 4.02. The Morgan fingerprint density at radius 3 is 2.64 bits per heavy atom. The van der Waals surface area contributed by atoms with E-state index in [0.29, 0.717) is 18.1 Å². The first-order chi connectivity index (χ1) is 12.2. The fraction of sp³-hybridized carbons (Fsp3) is 0.941. The van der Waals surface area contributed by atoms with Gasteiger partial charge >= 0.3 is 0 Å². The van der Waals surface area contributed by atoms with E-state index in [-0.39, 0.29) is 24.2 Å². The average Bonchev–Trinajstić information content (AvgIpc) is 3.33. The topological polar surface area (TPSA) is 104 Å².